The highest BCUT2D eigenvalue weighted by Crippen LogP contribution is 2.37. The average Bonchev–Trinajstić information content (AvgIpc) is 3.04. The van der Waals surface area contributed by atoms with E-state index in [1.807, 2.05) is 38.1 Å². The third-order valence-electron chi connectivity index (χ3n) is 4.83. The molecule has 0 aromatic heterocycles. The molecule has 0 aliphatic carbocycles. The van der Waals surface area contributed by atoms with Crippen LogP contribution in [0.1, 0.15) is 36.7 Å². The number of rotatable bonds is 6. The van der Waals surface area contributed by atoms with Crippen LogP contribution in [0.3, 0.4) is 0 Å². The average molecular weight is 418 g/mol. The second-order valence-corrected chi connectivity index (χ2v) is 7.27. The van der Waals surface area contributed by atoms with Gasteiger partial charge >= 0.3 is 5.97 Å². The van der Waals surface area contributed by atoms with Crippen molar-refractivity contribution in [3.8, 4) is 11.5 Å². The van der Waals surface area contributed by atoms with E-state index in [1.54, 1.807) is 11.8 Å². The Bertz CT molecular complexity index is 929. The van der Waals surface area contributed by atoms with Crippen molar-refractivity contribution >= 4 is 29.2 Å². The molecule has 1 aliphatic heterocycles. The van der Waals surface area contributed by atoms with Crippen LogP contribution in [-0.4, -0.2) is 37.7 Å². The quantitative estimate of drug-likeness (QED) is 0.656. The van der Waals surface area contributed by atoms with Gasteiger partial charge in [0.05, 0.1) is 24.3 Å². The van der Waals surface area contributed by atoms with Crippen LogP contribution in [0.5, 0.6) is 11.5 Å². The SMILES string of the molecule is CCOc1c(Cl)cc(C(=O)O[C@@H](C)C(=O)N2c3ccccc3C[C@H]2C)cc1OC. The molecule has 0 saturated carbocycles. The topological polar surface area (TPSA) is 65.1 Å². The largest absolute Gasteiger partial charge is 0.493 e. The first-order valence-electron chi connectivity index (χ1n) is 9.49. The summed E-state index contributed by atoms with van der Waals surface area (Å²) < 4.78 is 16.2. The maximum atomic E-state index is 13.0. The summed E-state index contributed by atoms with van der Waals surface area (Å²) in [5.41, 5.74) is 2.15. The lowest BCUT2D eigenvalue weighted by atomic mass is 10.1. The molecule has 6 nitrogen and oxygen atoms in total. The van der Waals surface area contributed by atoms with E-state index in [2.05, 4.69) is 0 Å². The molecule has 2 aromatic rings. The molecule has 29 heavy (non-hydrogen) atoms. The Morgan fingerprint density at radius 3 is 2.69 bits per heavy atom. The smallest absolute Gasteiger partial charge is 0.339 e. The molecular formula is C22H24ClNO5. The summed E-state index contributed by atoms with van der Waals surface area (Å²) in [5.74, 6) is -0.235. The Balaban J connectivity index is 1.77. The summed E-state index contributed by atoms with van der Waals surface area (Å²) >= 11 is 6.23. The lowest BCUT2D eigenvalue weighted by Crippen LogP contribution is -2.43. The van der Waals surface area contributed by atoms with Crippen LogP contribution in [0.15, 0.2) is 36.4 Å². The summed E-state index contributed by atoms with van der Waals surface area (Å²) in [4.78, 5) is 27.3. The normalized spacial score (nSPS) is 16.2. The molecule has 0 N–H and O–H groups in total. The van der Waals surface area contributed by atoms with Gasteiger partial charge in [-0.3, -0.25) is 4.79 Å². The number of carbonyl (C=O) groups excluding carboxylic acids is 2. The summed E-state index contributed by atoms with van der Waals surface area (Å²) in [6.07, 6.45) is -0.179. The fraction of sp³-hybridized carbons (Fsp3) is 0.364. The molecular weight excluding hydrogens is 394 g/mol. The van der Waals surface area contributed by atoms with E-state index in [1.165, 1.54) is 19.2 Å². The van der Waals surface area contributed by atoms with Crippen LogP contribution in [0, 0.1) is 0 Å². The van der Waals surface area contributed by atoms with Crippen LogP contribution >= 0.6 is 11.6 Å². The Labute approximate surface area is 175 Å². The van der Waals surface area contributed by atoms with Gasteiger partial charge in [0.15, 0.2) is 17.6 Å². The first kappa shape index (κ1) is 21.0. The van der Waals surface area contributed by atoms with Gasteiger partial charge in [-0.2, -0.15) is 0 Å². The number of benzene rings is 2. The monoisotopic (exact) mass is 417 g/mol. The van der Waals surface area contributed by atoms with Crippen LogP contribution in [-0.2, 0) is 16.0 Å². The Hall–Kier alpha value is -2.73. The molecule has 1 amide bonds. The van der Waals surface area contributed by atoms with Gasteiger partial charge in [-0.15, -0.1) is 0 Å². The van der Waals surface area contributed by atoms with E-state index in [4.69, 9.17) is 25.8 Å². The second kappa shape index (κ2) is 8.74. The predicted octanol–water partition coefficient (Wildman–Crippen LogP) is 4.27. The molecule has 2 aromatic carbocycles. The van der Waals surface area contributed by atoms with Crippen molar-refractivity contribution in [2.75, 3.05) is 18.6 Å². The summed E-state index contributed by atoms with van der Waals surface area (Å²) in [6.45, 7) is 5.77. The Morgan fingerprint density at radius 2 is 2.00 bits per heavy atom. The van der Waals surface area contributed by atoms with Gasteiger partial charge in [0.25, 0.3) is 5.91 Å². The fourth-order valence-electron chi connectivity index (χ4n) is 3.50. The van der Waals surface area contributed by atoms with Gasteiger partial charge in [-0.1, -0.05) is 29.8 Å². The number of anilines is 1. The highest BCUT2D eigenvalue weighted by Gasteiger charge is 2.34. The van der Waals surface area contributed by atoms with Gasteiger partial charge in [0.1, 0.15) is 0 Å². The Kier molecular flexibility index (Phi) is 6.33. The highest BCUT2D eigenvalue weighted by atomic mass is 35.5. The molecule has 7 heteroatoms. The van der Waals surface area contributed by atoms with Crippen molar-refractivity contribution < 1.29 is 23.8 Å². The molecule has 154 valence electrons. The highest BCUT2D eigenvalue weighted by molar-refractivity contribution is 6.32. The number of halogens is 1. The number of nitrogens with zero attached hydrogens (tertiary/aromatic N) is 1. The van der Waals surface area contributed by atoms with E-state index in [9.17, 15) is 9.59 Å². The molecule has 1 heterocycles. The van der Waals surface area contributed by atoms with Gasteiger partial charge < -0.3 is 19.1 Å². The van der Waals surface area contributed by atoms with Crippen LogP contribution in [0.2, 0.25) is 5.02 Å². The minimum atomic E-state index is -0.951. The third kappa shape index (κ3) is 4.17. The van der Waals surface area contributed by atoms with Crippen molar-refractivity contribution in [2.45, 2.75) is 39.3 Å². The summed E-state index contributed by atoms with van der Waals surface area (Å²) in [5, 5.41) is 0.235. The van der Waals surface area contributed by atoms with Gasteiger partial charge in [0.2, 0.25) is 0 Å². The van der Waals surface area contributed by atoms with E-state index < -0.39 is 12.1 Å². The number of carbonyl (C=O) groups is 2. The zero-order valence-electron chi connectivity index (χ0n) is 16.9. The first-order chi connectivity index (χ1) is 13.9. The molecule has 0 radical (unpaired) electrons. The number of hydrogen-bond acceptors (Lipinski definition) is 5. The first-order valence-corrected chi connectivity index (χ1v) is 9.87. The number of esters is 1. The molecule has 1 aliphatic rings. The minimum Gasteiger partial charge on any atom is -0.493 e. The van der Waals surface area contributed by atoms with Gasteiger partial charge in [0, 0.05) is 11.7 Å². The molecule has 2 atom stereocenters. The molecule has 0 fully saturated rings. The molecule has 0 saturated heterocycles. The lowest BCUT2D eigenvalue weighted by molar-refractivity contribution is -0.126. The van der Waals surface area contributed by atoms with Crippen LogP contribution in [0.4, 0.5) is 5.69 Å². The molecule has 0 bridgehead atoms. The lowest BCUT2D eigenvalue weighted by Gasteiger charge is -2.26. The van der Waals surface area contributed by atoms with Crippen LogP contribution in [0.25, 0.3) is 0 Å². The van der Waals surface area contributed by atoms with Gasteiger partial charge in [-0.05, 0) is 51.0 Å². The predicted molar refractivity (Wildman–Crippen MR) is 111 cm³/mol. The van der Waals surface area contributed by atoms with Crippen molar-refractivity contribution in [3.05, 3.63) is 52.5 Å². The number of para-hydroxylation sites is 1. The van der Waals surface area contributed by atoms with E-state index in [-0.39, 0.29) is 22.5 Å². The number of hydrogen-bond donors (Lipinski definition) is 0. The standard InChI is InChI=1S/C22H24ClNO5/c1-5-28-20-17(23)11-16(12-19(20)27-4)22(26)29-14(3)21(25)24-13(2)10-15-8-6-7-9-18(15)24/h6-9,11-14H,5,10H2,1-4H3/t13-,14+/m1/s1. The molecule has 0 unspecified atom stereocenters. The Morgan fingerprint density at radius 1 is 1.28 bits per heavy atom. The number of amides is 1. The summed E-state index contributed by atoms with van der Waals surface area (Å²) in [6, 6.07) is 10.7. The van der Waals surface area contributed by atoms with Crippen molar-refractivity contribution in [3.63, 3.8) is 0 Å². The molecule has 3 rings (SSSR count). The zero-order valence-corrected chi connectivity index (χ0v) is 17.7. The maximum absolute atomic E-state index is 13.0. The van der Waals surface area contributed by atoms with Crippen LogP contribution < -0.4 is 14.4 Å². The fourth-order valence-corrected chi connectivity index (χ4v) is 3.76. The minimum absolute atomic E-state index is 0.000988. The molecule has 0 spiro atoms. The van der Waals surface area contributed by atoms with E-state index >= 15 is 0 Å². The number of ether oxygens (including phenoxy) is 3. The van der Waals surface area contributed by atoms with Crippen molar-refractivity contribution in [1.82, 2.24) is 0 Å². The summed E-state index contributed by atoms with van der Waals surface area (Å²) in [7, 11) is 1.46. The number of methoxy groups -OCH3 is 1. The van der Waals surface area contributed by atoms with Crippen molar-refractivity contribution in [1.29, 1.82) is 0 Å². The maximum Gasteiger partial charge on any atom is 0.339 e. The van der Waals surface area contributed by atoms with E-state index in [0.717, 1.165) is 17.7 Å². The van der Waals surface area contributed by atoms with Gasteiger partial charge in [-0.25, -0.2) is 4.79 Å². The zero-order chi connectivity index (χ0) is 21.1. The second-order valence-electron chi connectivity index (χ2n) is 6.86. The van der Waals surface area contributed by atoms with E-state index in [0.29, 0.717) is 18.1 Å². The third-order valence-corrected chi connectivity index (χ3v) is 5.11. The number of fused-ring (bicyclic) bond motifs is 1. The van der Waals surface area contributed by atoms with Crippen molar-refractivity contribution in [2.24, 2.45) is 0 Å².